The van der Waals surface area contributed by atoms with Gasteiger partial charge in [-0.15, -0.1) is 5.10 Å². The summed E-state index contributed by atoms with van der Waals surface area (Å²) in [5.41, 5.74) is 0.915. The third-order valence-corrected chi connectivity index (χ3v) is 4.43. The highest BCUT2D eigenvalue weighted by molar-refractivity contribution is 6.33. The summed E-state index contributed by atoms with van der Waals surface area (Å²) in [4.78, 5) is 12.0. The van der Waals surface area contributed by atoms with Gasteiger partial charge in [0.2, 0.25) is 0 Å². The summed E-state index contributed by atoms with van der Waals surface area (Å²) in [5.74, 6) is 0.556. The number of hydrogen-bond acceptors (Lipinski definition) is 6. The monoisotopic (exact) mass is 365 g/mol. The van der Waals surface area contributed by atoms with E-state index in [9.17, 15) is 4.79 Å². The third kappa shape index (κ3) is 3.71. The molecule has 0 unspecified atom stereocenters. The van der Waals surface area contributed by atoms with Crippen molar-refractivity contribution in [3.63, 3.8) is 0 Å². The molecule has 0 bridgehead atoms. The molecule has 7 nitrogen and oxygen atoms in total. The summed E-state index contributed by atoms with van der Waals surface area (Å²) in [6.07, 6.45) is 4.57. The van der Waals surface area contributed by atoms with Crippen LogP contribution in [0, 0.1) is 0 Å². The van der Waals surface area contributed by atoms with Gasteiger partial charge in [-0.1, -0.05) is 11.6 Å². The number of nitrogens with zero attached hydrogens (tertiary/aromatic N) is 2. The molecule has 3 rings (SSSR count). The van der Waals surface area contributed by atoms with Gasteiger partial charge in [-0.25, -0.2) is 4.79 Å². The van der Waals surface area contributed by atoms with E-state index in [0.29, 0.717) is 27.8 Å². The molecule has 1 heterocycles. The molecule has 0 aliphatic heterocycles. The fourth-order valence-corrected chi connectivity index (χ4v) is 3.16. The Balaban J connectivity index is 1.95. The highest BCUT2D eigenvalue weighted by Crippen LogP contribution is 2.40. The summed E-state index contributed by atoms with van der Waals surface area (Å²) in [5, 5.41) is 10.8. The maximum atomic E-state index is 12.0. The highest BCUT2D eigenvalue weighted by Gasteiger charge is 2.24. The minimum atomic E-state index is -0.562. The van der Waals surface area contributed by atoms with Gasteiger partial charge in [-0.2, -0.15) is 10.3 Å². The SMILES string of the molecule is CCOC(=O)c1n[nH]nc1-c1cc(OC)c(OC2CCCC2)cc1Cl. The number of nitrogens with one attached hydrogen (secondary N) is 1. The minimum absolute atomic E-state index is 0.0789. The van der Waals surface area contributed by atoms with Gasteiger partial charge in [0.15, 0.2) is 17.2 Å². The second-order valence-corrected chi connectivity index (χ2v) is 6.16. The maximum Gasteiger partial charge on any atom is 0.361 e. The van der Waals surface area contributed by atoms with Gasteiger partial charge in [0.1, 0.15) is 5.69 Å². The van der Waals surface area contributed by atoms with E-state index in [0.717, 1.165) is 12.8 Å². The lowest BCUT2D eigenvalue weighted by Crippen LogP contribution is -2.11. The average Bonchev–Trinajstić information content (AvgIpc) is 3.27. The van der Waals surface area contributed by atoms with Crippen molar-refractivity contribution >= 4 is 17.6 Å². The molecule has 2 aromatic rings. The molecule has 1 fully saturated rings. The van der Waals surface area contributed by atoms with Gasteiger partial charge in [0.05, 0.1) is 24.8 Å². The molecule has 1 aromatic heterocycles. The van der Waals surface area contributed by atoms with Crippen molar-refractivity contribution in [3.8, 4) is 22.8 Å². The number of methoxy groups -OCH3 is 1. The summed E-state index contributed by atoms with van der Waals surface area (Å²) in [6, 6.07) is 3.39. The number of rotatable bonds is 6. The summed E-state index contributed by atoms with van der Waals surface area (Å²) in [7, 11) is 1.56. The molecule has 0 saturated heterocycles. The molecule has 0 spiro atoms. The number of carbonyl (C=O) groups excluding carboxylic acids is 1. The van der Waals surface area contributed by atoms with Crippen LogP contribution in [0.5, 0.6) is 11.5 Å². The van der Waals surface area contributed by atoms with E-state index in [2.05, 4.69) is 15.4 Å². The Bertz CT molecular complexity index is 756. The Morgan fingerprint density at radius 2 is 2.04 bits per heavy atom. The lowest BCUT2D eigenvalue weighted by atomic mass is 10.1. The fourth-order valence-electron chi connectivity index (χ4n) is 2.91. The fraction of sp³-hybridized carbons (Fsp3) is 0.471. The maximum absolute atomic E-state index is 12.0. The van der Waals surface area contributed by atoms with Crippen LogP contribution in [0.2, 0.25) is 5.02 Å². The Morgan fingerprint density at radius 3 is 2.72 bits per heavy atom. The average molecular weight is 366 g/mol. The van der Waals surface area contributed by atoms with Crippen molar-refractivity contribution in [3.05, 3.63) is 22.8 Å². The number of esters is 1. The van der Waals surface area contributed by atoms with Crippen molar-refractivity contribution in [2.45, 2.75) is 38.7 Å². The number of halogens is 1. The highest BCUT2D eigenvalue weighted by atomic mass is 35.5. The first-order valence-corrected chi connectivity index (χ1v) is 8.64. The quantitative estimate of drug-likeness (QED) is 0.786. The van der Waals surface area contributed by atoms with Crippen LogP contribution in [0.1, 0.15) is 43.1 Å². The van der Waals surface area contributed by atoms with Crippen molar-refractivity contribution in [1.29, 1.82) is 0 Å². The van der Waals surface area contributed by atoms with Gasteiger partial charge < -0.3 is 14.2 Å². The van der Waals surface area contributed by atoms with Gasteiger partial charge in [0.25, 0.3) is 0 Å². The number of carbonyl (C=O) groups is 1. The van der Waals surface area contributed by atoms with Crippen molar-refractivity contribution in [2.24, 2.45) is 0 Å². The van der Waals surface area contributed by atoms with Gasteiger partial charge in [0, 0.05) is 11.6 Å². The molecule has 1 N–H and O–H groups in total. The summed E-state index contributed by atoms with van der Waals surface area (Å²) >= 11 is 6.42. The Kier molecular flexibility index (Phi) is 5.43. The van der Waals surface area contributed by atoms with Gasteiger partial charge in [-0.3, -0.25) is 0 Å². The van der Waals surface area contributed by atoms with Crippen LogP contribution in [0.3, 0.4) is 0 Å². The lowest BCUT2D eigenvalue weighted by Gasteiger charge is -2.17. The molecule has 134 valence electrons. The first kappa shape index (κ1) is 17.5. The molecule has 1 aromatic carbocycles. The van der Waals surface area contributed by atoms with E-state index < -0.39 is 5.97 Å². The van der Waals surface area contributed by atoms with Crippen LogP contribution >= 0.6 is 11.6 Å². The first-order chi connectivity index (χ1) is 12.1. The molecule has 0 atom stereocenters. The number of H-pyrrole nitrogens is 1. The summed E-state index contributed by atoms with van der Waals surface area (Å²) < 4.78 is 16.5. The van der Waals surface area contributed by atoms with Crippen molar-refractivity contribution in [2.75, 3.05) is 13.7 Å². The number of hydrogen-bond donors (Lipinski definition) is 1. The molecular weight excluding hydrogens is 346 g/mol. The molecular formula is C17H20ClN3O4. The molecule has 8 heteroatoms. The zero-order valence-corrected chi connectivity index (χ0v) is 14.9. The Morgan fingerprint density at radius 1 is 1.28 bits per heavy atom. The van der Waals surface area contributed by atoms with Crippen LogP contribution in [0.15, 0.2) is 12.1 Å². The molecule has 1 aliphatic rings. The van der Waals surface area contributed by atoms with Crippen LogP contribution in [-0.4, -0.2) is 41.2 Å². The molecule has 0 radical (unpaired) electrons. The standard InChI is InChI=1S/C17H20ClN3O4/c1-3-24-17(22)16-15(19-21-20-16)11-8-13(23-2)14(9-12(11)18)25-10-6-4-5-7-10/h8-10H,3-7H2,1-2H3,(H,19,20,21). The van der Waals surface area contributed by atoms with Crippen LogP contribution < -0.4 is 9.47 Å². The Hall–Kier alpha value is -2.28. The van der Waals surface area contributed by atoms with E-state index in [4.69, 9.17) is 25.8 Å². The van der Waals surface area contributed by atoms with Gasteiger partial charge in [-0.05, 0) is 38.7 Å². The van der Waals surface area contributed by atoms with Gasteiger partial charge >= 0.3 is 5.97 Å². The smallest absolute Gasteiger partial charge is 0.361 e. The first-order valence-electron chi connectivity index (χ1n) is 8.26. The van der Waals surface area contributed by atoms with Crippen LogP contribution in [0.25, 0.3) is 11.3 Å². The van der Waals surface area contributed by atoms with Crippen molar-refractivity contribution < 1.29 is 19.0 Å². The Labute approximate surface area is 150 Å². The number of benzene rings is 1. The predicted molar refractivity (Wildman–Crippen MR) is 92.2 cm³/mol. The predicted octanol–water partition coefficient (Wildman–Crippen LogP) is 3.63. The molecule has 1 aliphatic carbocycles. The van der Waals surface area contributed by atoms with E-state index in [1.807, 2.05) is 0 Å². The lowest BCUT2D eigenvalue weighted by molar-refractivity contribution is 0.0520. The van der Waals surface area contributed by atoms with E-state index in [1.165, 1.54) is 12.8 Å². The largest absolute Gasteiger partial charge is 0.493 e. The number of ether oxygens (including phenoxy) is 3. The van der Waals surface area contributed by atoms with Crippen molar-refractivity contribution in [1.82, 2.24) is 15.4 Å². The second-order valence-electron chi connectivity index (χ2n) is 5.75. The van der Waals surface area contributed by atoms with Crippen LogP contribution in [-0.2, 0) is 4.74 Å². The second kappa shape index (κ2) is 7.74. The minimum Gasteiger partial charge on any atom is -0.493 e. The summed E-state index contributed by atoms with van der Waals surface area (Å²) in [6.45, 7) is 1.97. The zero-order valence-electron chi connectivity index (χ0n) is 14.2. The zero-order chi connectivity index (χ0) is 17.8. The number of aromatic nitrogens is 3. The van der Waals surface area contributed by atoms with Crippen LogP contribution in [0.4, 0.5) is 0 Å². The van der Waals surface area contributed by atoms with E-state index in [-0.39, 0.29) is 18.4 Å². The molecule has 25 heavy (non-hydrogen) atoms. The molecule has 1 saturated carbocycles. The normalized spacial score (nSPS) is 14.5. The third-order valence-electron chi connectivity index (χ3n) is 4.12. The number of aromatic amines is 1. The van der Waals surface area contributed by atoms with E-state index in [1.54, 1.807) is 26.2 Å². The van der Waals surface area contributed by atoms with E-state index >= 15 is 0 Å². The topological polar surface area (TPSA) is 86.3 Å². The molecule has 0 amide bonds.